The number of halogens is 4. The SMILES string of the molecule is CC1(C)Cc2nc(C3CCOCC3)c3c(c2C(O[Si](C)(C)C(C)(C)C)C1)C1(CCOCC1I)O[C@@H]3c1ccc(C(F)(F)F)nc1. The van der Waals surface area contributed by atoms with Crippen molar-refractivity contribution in [3.8, 4) is 0 Å². The van der Waals surface area contributed by atoms with Crippen LogP contribution in [-0.2, 0) is 36.8 Å². The van der Waals surface area contributed by atoms with Crippen LogP contribution in [0.1, 0.15) is 118 Å². The van der Waals surface area contributed by atoms with Gasteiger partial charge in [0.2, 0.25) is 0 Å². The second-order valence-electron chi connectivity index (χ2n) is 15.6. The first kappa shape index (κ1) is 33.8. The topological polar surface area (TPSA) is 62.7 Å². The molecule has 0 bridgehead atoms. The molecule has 2 aromatic rings. The summed E-state index contributed by atoms with van der Waals surface area (Å²) in [5, 5.41) is 0.0144. The van der Waals surface area contributed by atoms with Crippen LogP contribution in [0.2, 0.25) is 18.1 Å². The van der Waals surface area contributed by atoms with E-state index in [2.05, 4.69) is 75.3 Å². The molecule has 6 rings (SSSR count). The molecule has 2 saturated heterocycles. The Hall–Kier alpha value is -1.12. The molecule has 4 atom stereocenters. The molecule has 0 radical (unpaired) electrons. The molecule has 1 aliphatic carbocycles. The lowest BCUT2D eigenvalue weighted by Crippen LogP contribution is -2.47. The summed E-state index contributed by atoms with van der Waals surface area (Å²) in [5.41, 5.74) is 4.40. The standard InChI is InChI=1S/C34H46F3IN2O4Si/c1-31(2,3)45(6,7)44-23-17-32(4,5)16-22-26(23)28-27(29(40-22)20-10-13-41-14-11-20)30(43-33(28)12-15-42-19-24(33)38)21-8-9-25(39-18-21)34(35,36)37/h8-9,18,20,23-24,30H,10-17,19H2,1-7H3/t23?,24?,30-,33?/m1/s1. The average Bonchev–Trinajstić information content (AvgIpc) is 3.28. The number of nitrogens with zero attached hydrogens (tertiary/aromatic N) is 2. The number of hydrogen-bond donors (Lipinski definition) is 0. The minimum absolute atomic E-state index is 0.00694. The van der Waals surface area contributed by atoms with Gasteiger partial charge in [0, 0.05) is 66.3 Å². The Morgan fingerprint density at radius 3 is 2.33 bits per heavy atom. The van der Waals surface area contributed by atoms with Crippen molar-refractivity contribution >= 4 is 30.9 Å². The lowest BCUT2D eigenvalue weighted by molar-refractivity contribution is -0.141. The zero-order chi connectivity index (χ0) is 32.6. The molecule has 4 aliphatic rings. The summed E-state index contributed by atoms with van der Waals surface area (Å²) in [4.78, 5) is 9.42. The molecule has 0 N–H and O–H groups in total. The van der Waals surface area contributed by atoms with E-state index < -0.39 is 31.9 Å². The first-order valence-corrected chi connectivity index (χ1v) is 20.3. The zero-order valence-corrected chi connectivity index (χ0v) is 30.6. The molecule has 2 fully saturated rings. The van der Waals surface area contributed by atoms with Gasteiger partial charge in [0.15, 0.2) is 8.32 Å². The number of rotatable bonds is 4. The molecular weight excluding hydrogens is 712 g/mol. The number of fused-ring (bicyclic) bond motifs is 4. The minimum Gasteiger partial charge on any atom is -0.410 e. The third-order valence-electron chi connectivity index (χ3n) is 10.7. The largest absolute Gasteiger partial charge is 0.433 e. The van der Waals surface area contributed by atoms with Crippen molar-refractivity contribution in [3.05, 3.63) is 57.7 Å². The fraction of sp³-hybridized carbons (Fsp3) is 0.706. The second-order valence-corrected chi connectivity index (χ2v) is 21.9. The fourth-order valence-electron chi connectivity index (χ4n) is 7.34. The highest BCUT2D eigenvalue weighted by Crippen LogP contribution is 2.60. The number of aromatic nitrogens is 2. The molecule has 3 unspecified atom stereocenters. The number of hydrogen-bond acceptors (Lipinski definition) is 6. The summed E-state index contributed by atoms with van der Waals surface area (Å²) in [6.45, 7) is 18.4. The highest BCUT2D eigenvalue weighted by molar-refractivity contribution is 14.1. The third-order valence-corrected chi connectivity index (χ3v) is 16.6. The Morgan fingerprint density at radius 2 is 1.73 bits per heavy atom. The van der Waals surface area contributed by atoms with Crippen LogP contribution in [-0.4, -0.2) is 48.6 Å². The Balaban J connectivity index is 1.63. The zero-order valence-electron chi connectivity index (χ0n) is 27.4. The van der Waals surface area contributed by atoms with E-state index in [4.69, 9.17) is 23.6 Å². The molecule has 3 aliphatic heterocycles. The Labute approximate surface area is 279 Å². The van der Waals surface area contributed by atoms with Crippen molar-refractivity contribution in [2.45, 2.75) is 119 Å². The predicted molar refractivity (Wildman–Crippen MR) is 177 cm³/mol. The van der Waals surface area contributed by atoms with Crippen LogP contribution in [0.15, 0.2) is 18.3 Å². The second kappa shape index (κ2) is 11.8. The molecule has 1 spiro atoms. The van der Waals surface area contributed by atoms with E-state index in [1.807, 2.05) is 0 Å². The van der Waals surface area contributed by atoms with Crippen LogP contribution in [0.3, 0.4) is 0 Å². The van der Waals surface area contributed by atoms with Gasteiger partial charge in [-0.05, 0) is 55.3 Å². The van der Waals surface area contributed by atoms with Gasteiger partial charge < -0.3 is 18.6 Å². The first-order chi connectivity index (χ1) is 20.9. The Kier molecular flexibility index (Phi) is 8.84. The molecule has 11 heteroatoms. The summed E-state index contributed by atoms with van der Waals surface area (Å²) in [6.07, 6.45) is 0.0968. The predicted octanol–water partition coefficient (Wildman–Crippen LogP) is 8.96. The molecule has 248 valence electrons. The van der Waals surface area contributed by atoms with Gasteiger partial charge in [-0.3, -0.25) is 9.97 Å². The van der Waals surface area contributed by atoms with E-state index in [1.165, 1.54) is 12.3 Å². The Bertz CT molecular complexity index is 1420. The van der Waals surface area contributed by atoms with Gasteiger partial charge in [-0.1, -0.05) is 63.3 Å². The van der Waals surface area contributed by atoms with Crippen molar-refractivity contribution < 1.29 is 31.8 Å². The molecule has 2 aromatic heterocycles. The van der Waals surface area contributed by atoms with Gasteiger partial charge in [-0.15, -0.1) is 0 Å². The van der Waals surface area contributed by atoms with E-state index in [1.54, 1.807) is 0 Å². The van der Waals surface area contributed by atoms with E-state index in [0.717, 1.165) is 59.8 Å². The van der Waals surface area contributed by atoms with Crippen LogP contribution in [0.25, 0.3) is 0 Å². The van der Waals surface area contributed by atoms with Gasteiger partial charge in [0.1, 0.15) is 17.4 Å². The van der Waals surface area contributed by atoms with Crippen molar-refractivity contribution in [1.29, 1.82) is 0 Å². The molecule has 45 heavy (non-hydrogen) atoms. The van der Waals surface area contributed by atoms with Gasteiger partial charge in [0.05, 0.1) is 22.3 Å². The number of ether oxygens (including phenoxy) is 3. The smallest absolute Gasteiger partial charge is 0.410 e. The maximum absolute atomic E-state index is 13.6. The summed E-state index contributed by atoms with van der Waals surface area (Å²) < 4.78 is 67.0. The van der Waals surface area contributed by atoms with Gasteiger partial charge in [-0.2, -0.15) is 13.2 Å². The van der Waals surface area contributed by atoms with Gasteiger partial charge >= 0.3 is 6.18 Å². The first-order valence-electron chi connectivity index (χ1n) is 16.2. The van der Waals surface area contributed by atoms with Crippen LogP contribution < -0.4 is 0 Å². The summed E-state index contributed by atoms with van der Waals surface area (Å²) in [6, 6.07) is 2.60. The lowest BCUT2D eigenvalue weighted by atomic mass is 9.69. The third kappa shape index (κ3) is 6.16. The highest BCUT2D eigenvalue weighted by atomic mass is 127. The van der Waals surface area contributed by atoms with Gasteiger partial charge in [0.25, 0.3) is 0 Å². The van der Waals surface area contributed by atoms with E-state index in [0.29, 0.717) is 38.4 Å². The number of alkyl halides is 4. The van der Waals surface area contributed by atoms with E-state index >= 15 is 0 Å². The van der Waals surface area contributed by atoms with E-state index in [9.17, 15) is 13.2 Å². The van der Waals surface area contributed by atoms with Gasteiger partial charge in [-0.25, -0.2) is 0 Å². The molecule has 6 nitrogen and oxygen atoms in total. The minimum atomic E-state index is -4.52. The summed E-state index contributed by atoms with van der Waals surface area (Å²) in [7, 11) is -2.21. The molecule has 0 aromatic carbocycles. The van der Waals surface area contributed by atoms with Crippen molar-refractivity contribution in [2.75, 3.05) is 26.4 Å². The normalized spacial score (nSPS) is 29.1. The van der Waals surface area contributed by atoms with Crippen LogP contribution >= 0.6 is 22.6 Å². The maximum Gasteiger partial charge on any atom is 0.433 e. The monoisotopic (exact) mass is 758 g/mol. The lowest BCUT2D eigenvalue weighted by Gasteiger charge is -2.47. The van der Waals surface area contributed by atoms with Crippen molar-refractivity contribution in [2.24, 2.45) is 5.41 Å². The van der Waals surface area contributed by atoms with Crippen LogP contribution in [0, 0.1) is 5.41 Å². The molecule has 0 amide bonds. The average molecular weight is 759 g/mol. The molecule has 5 heterocycles. The quantitative estimate of drug-likeness (QED) is 0.176. The van der Waals surface area contributed by atoms with E-state index in [-0.39, 0.29) is 26.4 Å². The van der Waals surface area contributed by atoms with Crippen LogP contribution in [0.5, 0.6) is 0 Å². The maximum atomic E-state index is 13.6. The summed E-state index contributed by atoms with van der Waals surface area (Å²) in [5.74, 6) is 0.166. The van der Waals surface area contributed by atoms with Crippen molar-refractivity contribution in [3.63, 3.8) is 0 Å². The van der Waals surface area contributed by atoms with Crippen LogP contribution in [0.4, 0.5) is 13.2 Å². The Morgan fingerprint density at radius 1 is 1.02 bits per heavy atom. The highest BCUT2D eigenvalue weighted by Gasteiger charge is 2.57. The van der Waals surface area contributed by atoms with Crippen molar-refractivity contribution in [1.82, 2.24) is 9.97 Å². The summed E-state index contributed by atoms with van der Waals surface area (Å²) >= 11 is 2.46. The molecule has 0 saturated carbocycles. The fourth-order valence-corrected chi connectivity index (χ4v) is 9.63. The molecular formula is C34H46F3IN2O4Si. The number of pyridine rings is 2.